The number of rotatable bonds is 14. The Morgan fingerprint density at radius 3 is 2.23 bits per heavy atom. The van der Waals surface area contributed by atoms with Crippen molar-refractivity contribution in [2.24, 2.45) is 11.7 Å². The number of likely N-dealkylation sites (tertiary alicyclic amines) is 1. The van der Waals surface area contributed by atoms with Crippen molar-refractivity contribution in [1.82, 2.24) is 35.8 Å². The molecule has 4 amide bonds. The van der Waals surface area contributed by atoms with Crippen LogP contribution in [0.15, 0.2) is 36.5 Å². The van der Waals surface area contributed by atoms with Gasteiger partial charge in [-0.15, -0.1) is 5.10 Å². The monoisotopic (exact) mass is 682 g/mol. The standard InChI is InChI=1S/C29H44N8O4.C2HF3O2/c1-6-7-13-21-16-37(35-34-21)22-15-24(28(40)32-23(26(30)38)14-20-11-9-8-10-12-20)36(17-22)29(41)25(18(2)3)33-27(39)19(4)31-5;3-2(4,5)1(6)7/h8-12,16,18-19,22-25,31H,6-7,13-15,17H2,1-5H3,(H2,30,38)(H,32,40)(H,33,39);(H,6,7)/t19-,22-,23-,24-,25-;/m0./s1. The van der Waals surface area contributed by atoms with Crippen molar-refractivity contribution in [2.45, 2.75) is 96.2 Å². The highest BCUT2D eigenvalue weighted by Crippen LogP contribution is 2.29. The van der Waals surface area contributed by atoms with Gasteiger partial charge in [0.1, 0.15) is 18.1 Å². The van der Waals surface area contributed by atoms with Gasteiger partial charge in [0.15, 0.2) is 0 Å². The van der Waals surface area contributed by atoms with Crippen molar-refractivity contribution in [3.05, 3.63) is 47.8 Å². The van der Waals surface area contributed by atoms with E-state index in [1.165, 1.54) is 4.90 Å². The Hall–Kier alpha value is -4.54. The van der Waals surface area contributed by atoms with Gasteiger partial charge in [-0.05, 0) is 38.3 Å². The summed E-state index contributed by atoms with van der Waals surface area (Å²) in [6.45, 7) is 7.70. The van der Waals surface area contributed by atoms with E-state index in [0.29, 0.717) is 0 Å². The molecule has 0 unspecified atom stereocenters. The molecule has 0 saturated carbocycles. The number of hydrogen-bond donors (Lipinski definition) is 5. The summed E-state index contributed by atoms with van der Waals surface area (Å²) in [5, 5.41) is 24.2. The SMILES string of the molecule is CCCCc1cn([C@H]2C[C@@H](C(=O)N[C@@H](Cc3ccccc3)C(N)=O)N(C(=O)[C@@H](NC(=O)[C@H](C)NC)C(C)C)C2)nn1.O=C(O)C(F)(F)F. The Balaban J connectivity index is 0.00000103. The average Bonchev–Trinajstić information content (AvgIpc) is 3.69. The summed E-state index contributed by atoms with van der Waals surface area (Å²) >= 11 is 0. The van der Waals surface area contributed by atoms with E-state index in [0.717, 1.165) is 30.5 Å². The Labute approximate surface area is 277 Å². The van der Waals surface area contributed by atoms with Gasteiger partial charge >= 0.3 is 12.1 Å². The summed E-state index contributed by atoms with van der Waals surface area (Å²) < 4.78 is 33.4. The maximum Gasteiger partial charge on any atom is 0.490 e. The summed E-state index contributed by atoms with van der Waals surface area (Å²) in [5.74, 6) is -4.83. The molecule has 266 valence electrons. The number of aliphatic carboxylic acids is 1. The number of amides is 4. The van der Waals surface area contributed by atoms with Gasteiger partial charge in [0.25, 0.3) is 0 Å². The summed E-state index contributed by atoms with van der Waals surface area (Å²) in [7, 11) is 1.67. The van der Waals surface area contributed by atoms with Crippen molar-refractivity contribution < 1.29 is 42.3 Å². The molecule has 2 aromatic rings. The molecule has 0 spiro atoms. The highest BCUT2D eigenvalue weighted by atomic mass is 19.4. The predicted molar refractivity (Wildman–Crippen MR) is 168 cm³/mol. The number of benzene rings is 1. The van der Waals surface area contributed by atoms with Crippen molar-refractivity contribution in [2.75, 3.05) is 13.6 Å². The lowest BCUT2D eigenvalue weighted by atomic mass is 10.0. The molecule has 5 atom stereocenters. The number of aryl methyl sites for hydroxylation is 1. The molecule has 2 heterocycles. The van der Waals surface area contributed by atoms with E-state index in [4.69, 9.17) is 15.6 Å². The first-order valence-corrected chi connectivity index (χ1v) is 15.6. The van der Waals surface area contributed by atoms with Crippen LogP contribution in [0.3, 0.4) is 0 Å². The van der Waals surface area contributed by atoms with E-state index >= 15 is 0 Å². The van der Waals surface area contributed by atoms with Crippen molar-refractivity contribution in [3.8, 4) is 0 Å². The van der Waals surface area contributed by atoms with Gasteiger partial charge in [0, 0.05) is 25.6 Å². The number of halogens is 3. The number of likely N-dealkylation sites (N-methyl/N-ethyl adjacent to an activating group) is 1. The van der Waals surface area contributed by atoms with Crippen LogP contribution >= 0.6 is 0 Å². The second-order valence-electron chi connectivity index (χ2n) is 11.9. The Kier molecular flexibility index (Phi) is 15.0. The van der Waals surface area contributed by atoms with Crippen molar-refractivity contribution in [1.29, 1.82) is 0 Å². The van der Waals surface area contributed by atoms with E-state index in [9.17, 15) is 32.3 Å². The lowest BCUT2D eigenvalue weighted by Gasteiger charge is -2.31. The van der Waals surface area contributed by atoms with E-state index in [-0.39, 0.29) is 43.2 Å². The van der Waals surface area contributed by atoms with Crippen LogP contribution in [0.1, 0.15) is 64.3 Å². The van der Waals surface area contributed by atoms with Crippen LogP contribution in [0.4, 0.5) is 13.2 Å². The molecule has 1 fully saturated rings. The minimum absolute atomic E-state index is 0.202. The fourth-order valence-corrected chi connectivity index (χ4v) is 4.90. The number of carboxylic acid groups (broad SMARTS) is 1. The second kappa shape index (κ2) is 18.1. The zero-order valence-corrected chi connectivity index (χ0v) is 27.7. The number of carbonyl (C=O) groups excluding carboxylic acids is 4. The smallest absolute Gasteiger partial charge is 0.475 e. The van der Waals surface area contributed by atoms with Gasteiger partial charge in [-0.3, -0.25) is 19.2 Å². The Morgan fingerprint density at radius 2 is 1.71 bits per heavy atom. The van der Waals surface area contributed by atoms with Crippen LogP contribution in [-0.2, 0) is 36.8 Å². The first kappa shape index (κ1) is 39.6. The lowest BCUT2D eigenvalue weighted by molar-refractivity contribution is -0.192. The zero-order valence-electron chi connectivity index (χ0n) is 27.7. The zero-order chi connectivity index (χ0) is 36.2. The molecule has 1 saturated heterocycles. The molecule has 1 aromatic heterocycles. The second-order valence-corrected chi connectivity index (χ2v) is 11.9. The summed E-state index contributed by atoms with van der Waals surface area (Å²) in [6, 6.07) is 5.76. The molecule has 48 heavy (non-hydrogen) atoms. The van der Waals surface area contributed by atoms with Gasteiger partial charge in [-0.2, -0.15) is 13.2 Å². The van der Waals surface area contributed by atoms with Crippen LogP contribution in [0.25, 0.3) is 0 Å². The minimum Gasteiger partial charge on any atom is -0.475 e. The number of carboxylic acids is 1. The summed E-state index contributed by atoms with van der Waals surface area (Å²) in [5.41, 5.74) is 7.36. The van der Waals surface area contributed by atoms with E-state index in [2.05, 4.69) is 33.2 Å². The summed E-state index contributed by atoms with van der Waals surface area (Å²) in [6.07, 6.45) is 0.0793. The third-order valence-electron chi connectivity index (χ3n) is 7.82. The number of nitrogens with zero attached hydrogens (tertiary/aromatic N) is 4. The van der Waals surface area contributed by atoms with Gasteiger partial charge in [-0.25, -0.2) is 9.48 Å². The highest BCUT2D eigenvalue weighted by Gasteiger charge is 2.44. The Morgan fingerprint density at radius 1 is 1.08 bits per heavy atom. The van der Waals surface area contributed by atoms with E-state index < -0.39 is 48.1 Å². The molecule has 0 bridgehead atoms. The normalized spacial score (nSPS) is 17.9. The first-order valence-electron chi connectivity index (χ1n) is 15.6. The molecule has 1 aromatic carbocycles. The number of alkyl halides is 3. The maximum atomic E-state index is 14.0. The lowest BCUT2D eigenvalue weighted by Crippen LogP contribution is -2.58. The van der Waals surface area contributed by atoms with Crippen LogP contribution < -0.4 is 21.7 Å². The molecular weight excluding hydrogens is 637 g/mol. The average molecular weight is 683 g/mol. The van der Waals surface area contributed by atoms with E-state index in [1.807, 2.05) is 50.4 Å². The topological polar surface area (TPSA) is 202 Å². The van der Waals surface area contributed by atoms with Crippen LogP contribution in [0.5, 0.6) is 0 Å². The molecule has 6 N–H and O–H groups in total. The number of nitrogens with one attached hydrogen (secondary N) is 3. The third-order valence-corrected chi connectivity index (χ3v) is 7.82. The largest absolute Gasteiger partial charge is 0.490 e. The molecule has 1 aliphatic heterocycles. The number of primary amides is 1. The fourth-order valence-electron chi connectivity index (χ4n) is 4.90. The molecule has 14 nitrogen and oxygen atoms in total. The number of unbranched alkanes of at least 4 members (excludes halogenated alkanes) is 1. The molecule has 0 aliphatic carbocycles. The number of aromatic nitrogens is 3. The number of hydrogen-bond acceptors (Lipinski definition) is 8. The van der Waals surface area contributed by atoms with E-state index in [1.54, 1.807) is 18.7 Å². The molecular formula is C31H45F3N8O6. The van der Waals surface area contributed by atoms with Crippen molar-refractivity contribution >= 4 is 29.6 Å². The molecule has 17 heteroatoms. The number of nitrogens with two attached hydrogens (primary N) is 1. The maximum absolute atomic E-state index is 14.0. The predicted octanol–water partition coefficient (Wildman–Crippen LogP) is 1.36. The quantitative estimate of drug-likeness (QED) is 0.195. The van der Waals surface area contributed by atoms with Gasteiger partial charge in [-0.1, -0.05) is 62.7 Å². The fraction of sp³-hybridized carbons (Fsp3) is 0.581. The Bertz CT molecular complexity index is 1390. The van der Waals surface area contributed by atoms with Gasteiger partial charge < -0.3 is 31.7 Å². The van der Waals surface area contributed by atoms with Crippen LogP contribution in [-0.4, -0.2) is 98.5 Å². The highest BCUT2D eigenvalue weighted by molar-refractivity contribution is 5.95. The summed E-state index contributed by atoms with van der Waals surface area (Å²) in [4.78, 5) is 63.0. The first-order chi connectivity index (χ1) is 22.5. The molecule has 1 aliphatic rings. The third kappa shape index (κ3) is 11.6. The van der Waals surface area contributed by atoms with Gasteiger partial charge in [0.05, 0.1) is 17.8 Å². The molecule has 0 radical (unpaired) electrons. The van der Waals surface area contributed by atoms with Crippen LogP contribution in [0.2, 0.25) is 0 Å². The van der Waals surface area contributed by atoms with Crippen LogP contribution in [0, 0.1) is 5.92 Å². The van der Waals surface area contributed by atoms with Gasteiger partial charge in [0.2, 0.25) is 23.6 Å². The number of carbonyl (C=O) groups is 5. The molecule has 3 rings (SSSR count). The van der Waals surface area contributed by atoms with Crippen molar-refractivity contribution in [3.63, 3.8) is 0 Å². The minimum atomic E-state index is -5.08.